The van der Waals surface area contributed by atoms with Gasteiger partial charge in [0.1, 0.15) is 0 Å². The molecule has 0 fully saturated rings. The minimum Gasteiger partial charge on any atom is -0.385 e. The molecule has 0 saturated carbocycles. The smallest absolute Gasteiger partial charge is 0.0465 e. The molecule has 2 unspecified atom stereocenters. The van der Waals surface area contributed by atoms with Gasteiger partial charge in [-0.1, -0.05) is 6.92 Å². The highest BCUT2D eigenvalue weighted by atomic mass is 16.5. The first-order chi connectivity index (χ1) is 6.11. The predicted octanol–water partition coefficient (Wildman–Crippen LogP) is 0.0525. The van der Waals surface area contributed by atoms with Crippen LogP contribution in [0.4, 0.5) is 0 Å². The molecule has 80 valence electrons. The second-order valence-electron chi connectivity index (χ2n) is 3.79. The van der Waals surface area contributed by atoms with Crippen LogP contribution >= 0.6 is 0 Å². The van der Waals surface area contributed by atoms with E-state index in [1.54, 1.807) is 7.11 Å². The van der Waals surface area contributed by atoms with Gasteiger partial charge in [-0.3, -0.25) is 11.3 Å². The number of rotatable bonds is 7. The van der Waals surface area contributed by atoms with Crippen LogP contribution in [0.5, 0.6) is 0 Å². The molecule has 2 atom stereocenters. The van der Waals surface area contributed by atoms with Crippen LogP contribution in [0.15, 0.2) is 0 Å². The van der Waals surface area contributed by atoms with Crippen molar-refractivity contribution in [3.8, 4) is 0 Å². The molecular weight excluding hydrogens is 166 g/mol. The topological polar surface area (TPSA) is 50.5 Å². The molecule has 0 spiro atoms. The van der Waals surface area contributed by atoms with Crippen molar-refractivity contribution in [1.29, 1.82) is 0 Å². The summed E-state index contributed by atoms with van der Waals surface area (Å²) in [7, 11) is 5.82. The second-order valence-corrected chi connectivity index (χ2v) is 3.79. The average molecular weight is 189 g/mol. The first-order valence-corrected chi connectivity index (χ1v) is 4.71. The van der Waals surface area contributed by atoms with Crippen molar-refractivity contribution in [2.75, 3.05) is 34.4 Å². The molecule has 0 aromatic carbocycles. The molecule has 0 aliphatic heterocycles. The Morgan fingerprint density at radius 2 is 2.08 bits per heavy atom. The van der Waals surface area contributed by atoms with E-state index in [-0.39, 0.29) is 0 Å². The molecule has 0 rings (SSSR count). The van der Waals surface area contributed by atoms with Gasteiger partial charge in [0.15, 0.2) is 0 Å². The molecule has 13 heavy (non-hydrogen) atoms. The van der Waals surface area contributed by atoms with Gasteiger partial charge in [0.05, 0.1) is 0 Å². The van der Waals surface area contributed by atoms with Gasteiger partial charge in [-0.05, 0) is 26.4 Å². The third-order valence-electron chi connectivity index (χ3n) is 2.24. The molecule has 0 aromatic rings. The van der Waals surface area contributed by atoms with Crippen molar-refractivity contribution in [1.82, 2.24) is 10.3 Å². The predicted molar refractivity (Wildman–Crippen MR) is 55.3 cm³/mol. The van der Waals surface area contributed by atoms with Crippen LogP contribution in [-0.4, -0.2) is 45.3 Å². The van der Waals surface area contributed by atoms with E-state index in [4.69, 9.17) is 10.6 Å². The minimum atomic E-state index is 0.338. The molecule has 0 amide bonds. The van der Waals surface area contributed by atoms with Crippen LogP contribution in [-0.2, 0) is 4.74 Å². The Labute approximate surface area is 81.4 Å². The molecule has 0 saturated heterocycles. The Hall–Kier alpha value is -0.160. The summed E-state index contributed by atoms with van der Waals surface area (Å²) in [5, 5.41) is 0. The summed E-state index contributed by atoms with van der Waals surface area (Å²) in [6, 6.07) is 0.338. The van der Waals surface area contributed by atoms with E-state index in [0.717, 1.165) is 19.6 Å². The zero-order valence-electron chi connectivity index (χ0n) is 9.21. The van der Waals surface area contributed by atoms with Gasteiger partial charge in [0.2, 0.25) is 0 Å². The van der Waals surface area contributed by atoms with E-state index in [1.165, 1.54) is 0 Å². The lowest BCUT2D eigenvalue weighted by Crippen LogP contribution is -2.46. The summed E-state index contributed by atoms with van der Waals surface area (Å²) in [6.45, 7) is 3.95. The maximum absolute atomic E-state index is 5.48. The summed E-state index contributed by atoms with van der Waals surface area (Å²) in [5.41, 5.74) is 2.84. The normalized spacial score (nSPS) is 16.2. The SMILES string of the molecule is COCCC(C)C(CN(C)C)NN. The Morgan fingerprint density at radius 1 is 1.46 bits per heavy atom. The molecule has 0 aliphatic carbocycles. The number of methoxy groups -OCH3 is 1. The van der Waals surface area contributed by atoms with Crippen molar-refractivity contribution in [2.45, 2.75) is 19.4 Å². The number of nitrogens with one attached hydrogen (secondary N) is 1. The van der Waals surface area contributed by atoms with Crippen LogP contribution in [0, 0.1) is 5.92 Å². The molecule has 0 bridgehead atoms. The number of nitrogens with two attached hydrogens (primary N) is 1. The van der Waals surface area contributed by atoms with Gasteiger partial charge < -0.3 is 9.64 Å². The quantitative estimate of drug-likeness (QED) is 0.439. The van der Waals surface area contributed by atoms with E-state index in [9.17, 15) is 0 Å². The highest BCUT2D eigenvalue weighted by molar-refractivity contribution is 4.73. The molecule has 0 aromatic heterocycles. The van der Waals surface area contributed by atoms with Crippen molar-refractivity contribution in [2.24, 2.45) is 11.8 Å². The zero-order valence-corrected chi connectivity index (χ0v) is 9.21. The first kappa shape index (κ1) is 12.8. The lowest BCUT2D eigenvalue weighted by molar-refractivity contribution is 0.163. The number of ether oxygens (including phenoxy) is 1. The van der Waals surface area contributed by atoms with Crippen molar-refractivity contribution in [3.63, 3.8) is 0 Å². The first-order valence-electron chi connectivity index (χ1n) is 4.71. The summed E-state index contributed by atoms with van der Waals surface area (Å²) in [6.07, 6.45) is 1.04. The van der Waals surface area contributed by atoms with E-state index in [1.807, 2.05) is 14.1 Å². The highest BCUT2D eigenvalue weighted by Crippen LogP contribution is 2.08. The highest BCUT2D eigenvalue weighted by Gasteiger charge is 2.15. The van der Waals surface area contributed by atoms with Crippen molar-refractivity contribution >= 4 is 0 Å². The van der Waals surface area contributed by atoms with E-state index < -0.39 is 0 Å². The second kappa shape index (κ2) is 7.26. The van der Waals surface area contributed by atoms with E-state index in [0.29, 0.717) is 12.0 Å². The Bertz CT molecular complexity index is 119. The summed E-state index contributed by atoms with van der Waals surface area (Å²) < 4.78 is 5.03. The standard InChI is InChI=1S/C9H23N3O/c1-8(5-6-13-4)9(11-10)7-12(2)3/h8-9,11H,5-7,10H2,1-4H3. The molecule has 4 heteroatoms. The maximum atomic E-state index is 5.48. The van der Waals surface area contributed by atoms with E-state index >= 15 is 0 Å². The van der Waals surface area contributed by atoms with Crippen LogP contribution in [0.25, 0.3) is 0 Å². The number of hydrogen-bond donors (Lipinski definition) is 2. The molecular formula is C9H23N3O. The molecule has 0 radical (unpaired) electrons. The van der Waals surface area contributed by atoms with Gasteiger partial charge in [0.25, 0.3) is 0 Å². The third kappa shape index (κ3) is 5.99. The number of likely N-dealkylation sites (N-methyl/N-ethyl adjacent to an activating group) is 1. The van der Waals surface area contributed by atoms with Gasteiger partial charge in [-0.2, -0.15) is 0 Å². The third-order valence-corrected chi connectivity index (χ3v) is 2.24. The van der Waals surface area contributed by atoms with Gasteiger partial charge in [-0.25, -0.2) is 0 Å². The van der Waals surface area contributed by atoms with E-state index in [2.05, 4.69) is 17.2 Å². The molecule has 3 N–H and O–H groups in total. The fourth-order valence-corrected chi connectivity index (χ4v) is 1.30. The molecule has 0 heterocycles. The van der Waals surface area contributed by atoms with Crippen molar-refractivity contribution in [3.05, 3.63) is 0 Å². The summed E-state index contributed by atoms with van der Waals surface area (Å²) in [4.78, 5) is 2.13. The summed E-state index contributed by atoms with van der Waals surface area (Å²) >= 11 is 0. The van der Waals surface area contributed by atoms with Crippen LogP contribution in [0.2, 0.25) is 0 Å². The Balaban J connectivity index is 3.77. The van der Waals surface area contributed by atoms with Crippen molar-refractivity contribution < 1.29 is 4.74 Å². The minimum absolute atomic E-state index is 0.338. The number of hydrazine groups is 1. The lowest BCUT2D eigenvalue weighted by atomic mass is 9.99. The maximum Gasteiger partial charge on any atom is 0.0465 e. The van der Waals surface area contributed by atoms with Gasteiger partial charge in [-0.15, -0.1) is 0 Å². The molecule has 4 nitrogen and oxygen atoms in total. The Morgan fingerprint density at radius 3 is 2.46 bits per heavy atom. The summed E-state index contributed by atoms with van der Waals surface area (Å²) in [5.74, 6) is 6.01. The average Bonchev–Trinajstić information content (AvgIpc) is 2.09. The fraction of sp³-hybridized carbons (Fsp3) is 1.00. The van der Waals surface area contributed by atoms with Crippen LogP contribution in [0.1, 0.15) is 13.3 Å². The zero-order chi connectivity index (χ0) is 10.3. The van der Waals surface area contributed by atoms with Crippen LogP contribution < -0.4 is 11.3 Å². The van der Waals surface area contributed by atoms with Gasteiger partial charge in [0, 0.05) is 26.3 Å². The van der Waals surface area contributed by atoms with Gasteiger partial charge >= 0.3 is 0 Å². The van der Waals surface area contributed by atoms with Crippen LogP contribution in [0.3, 0.4) is 0 Å². The monoisotopic (exact) mass is 189 g/mol. The lowest BCUT2D eigenvalue weighted by Gasteiger charge is -2.25. The fourth-order valence-electron chi connectivity index (χ4n) is 1.30. The largest absolute Gasteiger partial charge is 0.385 e. The molecule has 0 aliphatic rings. The number of hydrogen-bond acceptors (Lipinski definition) is 4. The number of nitrogens with zero attached hydrogens (tertiary/aromatic N) is 1. The Kier molecular flexibility index (Phi) is 7.17.